The summed E-state index contributed by atoms with van der Waals surface area (Å²) in [5.74, 6) is 0. The molecule has 1 fully saturated rings. The van der Waals surface area contributed by atoms with Crippen LogP contribution in [-0.2, 0) is 13.6 Å². The fourth-order valence-electron chi connectivity index (χ4n) is 2.66. The van der Waals surface area contributed by atoms with E-state index in [0.29, 0.717) is 0 Å². The maximum Gasteiger partial charge on any atom is 0.0693 e. The summed E-state index contributed by atoms with van der Waals surface area (Å²) >= 11 is 0. The zero-order chi connectivity index (χ0) is 12.4. The van der Waals surface area contributed by atoms with E-state index < -0.39 is 0 Å². The molecule has 17 heavy (non-hydrogen) atoms. The highest BCUT2D eigenvalue weighted by Gasteiger charge is 2.23. The minimum Gasteiger partial charge on any atom is -0.392 e. The van der Waals surface area contributed by atoms with Gasteiger partial charge >= 0.3 is 0 Å². The molecule has 0 spiro atoms. The van der Waals surface area contributed by atoms with Gasteiger partial charge in [-0.2, -0.15) is 5.10 Å². The number of hydrogen-bond acceptors (Lipinski definition) is 3. The van der Waals surface area contributed by atoms with Crippen LogP contribution in [-0.4, -0.2) is 27.0 Å². The van der Waals surface area contributed by atoms with Crippen LogP contribution in [0.15, 0.2) is 0 Å². The van der Waals surface area contributed by atoms with Crippen molar-refractivity contribution in [3.05, 3.63) is 17.0 Å². The maximum atomic E-state index is 9.91. The molecule has 1 heterocycles. The zero-order valence-electron chi connectivity index (χ0n) is 11.0. The first-order valence-electron chi connectivity index (χ1n) is 6.50. The van der Waals surface area contributed by atoms with Crippen LogP contribution >= 0.6 is 0 Å². The van der Waals surface area contributed by atoms with Gasteiger partial charge in [0.05, 0.1) is 11.8 Å². The zero-order valence-corrected chi connectivity index (χ0v) is 11.0. The molecule has 2 N–H and O–H groups in total. The fourth-order valence-corrected chi connectivity index (χ4v) is 2.66. The van der Waals surface area contributed by atoms with E-state index in [0.717, 1.165) is 31.5 Å². The summed E-state index contributed by atoms with van der Waals surface area (Å²) in [5, 5.41) is 17.8. The van der Waals surface area contributed by atoms with Gasteiger partial charge in [0, 0.05) is 30.9 Å². The molecule has 1 aliphatic carbocycles. The van der Waals surface area contributed by atoms with E-state index in [9.17, 15) is 5.11 Å². The second-order valence-electron chi connectivity index (χ2n) is 5.11. The van der Waals surface area contributed by atoms with Crippen LogP contribution in [0.1, 0.15) is 42.6 Å². The maximum absolute atomic E-state index is 9.91. The van der Waals surface area contributed by atoms with Gasteiger partial charge in [-0.1, -0.05) is 12.8 Å². The van der Waals surface area contributed by atoms with E-state index in [1.54, 1.807) is 0 Å². The molecule has 0 aliphatic heterocycles. The van der Waals surface area contributed by atoms with Crippen molar-refractivity contribution in [3.63, 3.8) is 0 Å². The second-order valence-corrected chi connectivity index (χ2v) is 5.11. The van der Waals surface area contributed by atoms with Crippen LogP contribution < -0.4 is 5.32 Å². The lowest BCUT2D eigenvalue weighted by Crippen LogP contribution is -2.41. The van der Waals surface area contributed by atoms with Gasteiger partial charge in [0.15, 0.2) is 0 Å². The molecule has 0 amide bonds. The molecule has 1 aromatic heterocycles. The molecular formula is C13H23N3O. The molecule has 96 valence electrons. The molecule has 0 aromatic carbocycles. The molecule has 1 aromatic rings. The summed E-state index contributed by atoms with van der Waals surface area (Å²) in [5.41, 5.74) is 3.56. The van der Waals surface area contributed by atoms with Crippen LogP contribution in [0.4, 0.5) is 0 Å². The van der Waals surface area contributed by atoms with Crippen molar-refractivity contribution in [2.75, 3.05) is 0 Å². The summed E-state index contributed by atoms with van der Waals surface area (Å²) < 4.78 is 1.92. The lowest BCUT2D eigenvalue weighted by atomic mass is 9.92. The number of nitrogens with zero attached hydrogens (tertiary/aromatic N) is 2. The highest BCUT2D eigenvalue weighted by molar-refractivity contribution is 5.24. The monoisotopic (exact) mass is 237 g/mol. The lowest BCUT2D eigenvalue weighted by molar-refractivity contribution is 0.0902. The summed E-state index contributed by atoms with van der Waals surface area (Å²) in [7, 11) is 1.97. The molecule has 4 heteroatoms. The first-order chi connectivity index (χ1) is 8.09. The van der Waals surface area contributed by atoms with E-state index in [-0.39, 0.29) is 12.1 Å². The van der Waals surface area contributed by atoms with Gasteiger partial charge in [-0.3, -0.25) is 4.68 Å². The number of nitrogens with one attached hydrogen (secondary N) is 1. The van der Waals surface area contributed by atoms with Gasteiger partial charge < -0.3 is 10.4 Å². The molecule has 0 unspecified atom stereocenters. The Bertz CT molecular complexity index is 386. The first kappa shape index (κ1) is 12.6. The molecule has 2 atom stereocenters. The number of hydrogen-bond donors (Lipinski definition) is 2. The molecule has 4 nitrogen and oxygen atoms in total. The second kappa shape index (κ2) is 5.19. The predicted octanol–water partition coefficient (Wildman–Crippen LogP) is 1.43. The molecule has 2 rings (SSSR count). The average Bonchev–Trinajstić information content (AvgIpc) is 2.53. The van der Waals surface area contributed by atoms with E-state index in [1.807, 2.05) is 18.7 Å². The summed E-state index contributed by atoms with van der Waals surface area (Å²) in [6, 6.07) is 0.253. The highest BCUT2D eigenvalue weighted by atomic mass is 16.3. The van der Waals surface area contributed by atoms with E-state index in [2.05, 4.69) is 17.3 Å². The van der Waals surface area contributed by atoms with Gasteiger partial charge in [0.25, 0.3) is 0 Å². The van der Waals surface area contributed by atoms with Crippen molar-refractivity contribution in [1.29, 1.82) is 0 Å². The normalized spacial score (nSPS) is 25.2. The molecule has 0 radical (unpaired) electrons. The van der Waals surface area contributed by atoms with E-state index >= 15 is 0 Å². The number of aryl methyl sites for hydroxylation is 2. The van der Waals surface area contributed by atoms with E-state index in [1.165, 1.54) is 17.7 Å². The Morgan fingerprint density at radius 3 is 2.65 bits per heavy atom. The molecule has 0 bridgehead atoms. The Morgan fingerprint density at radius 2 is 2.06 bits per heavy atom. The third kappa shape index (κ3) is 2.69. The molecule has 1 aliphatic rings. The number of aliphatic hydroxyl groups excluding tert-OH is 1. The van der Waals surface area contributed by atoms with Gasteiger partial charge in [0.1, 0.15) is 0 Å². The smallest absolute Gasteiger partial charge is 0.0693 e. The number of aliphatic hydroxyl groups is 1. The van der Waals surface area contributed by atoms with Crippen molar-refractivity contribution < 1.29 is 5.11 Å². The highest BCUT2D eigenvalue weighted by Crippen LogP contribution is 2.19. The minimum atomic E-state index is -0.180. The van der Waals surface area contributed by atoms with Crippen LogP contribution in [0.3, 0.4) is 0 Å². The molecular weight excluding hydrogens is 214 g/mol. The minimum absolute atomic E-state index is 0.180. The SMILES string of the molecule is Cc1nn(C)c(C)c1CN[C@@H]1CCCC[C@H]1O. The van der Waals surface area contributed by atoms with Gasteiger partial charge in [0.2, 0.25) is 0 Å². The third-order valence-corrected chi connectivity index (χ3v) is 3.93. The van der Waals surface area contributed by atoms with Crippen LogP contribution in [0.25, 0.3) is 0 Å². The molecule has 1 saturated carbocycles. The first-order valence-corrected chi connectivity index (χ1v) is 6.50. The van der Waals surface area contributed by atoms with Crippen molar-refractivity contribution in [1.82, 2.24) is 15.1 Å². The quantitative estimate of drug-likeness (QED) is 0.836. The Hall–Kier alpha value is -0.870. The van der Waals surface area contributed by atoms with Crippen molar-refractivity contribution in [3.8, 4) is 0 Å². The van der Waals surface area contributed by atoms with Crippen molar-refractivity contribution >= 4 is 0 Å². The topological polar surface area (TPSA) is 50.1 Å². The van der Waals surface area contributed by atoms with Crippen LogP contribution in [0, 0.1) is 13.8 Å². The van der Waals surface area contributed by atoms with Crippen LogP contribution in [0.2, 0.25) is 0 Å². The third-order valence-electron chi connectivity index (χ3n) is 3.93. The number of rotatable bonds is 3. The van der Waals surface area contributed by atoms with Gasteiger partial charge in [-0.25, -0.2) is 0 Å². The summed E-state index contributed by atoms with van der Waals surface area (Å²) in [6.07, 6.45) is 4.22. The number of aromatic nitrogens is 2. The summed E-state index contributed by atoms with van der Waals surface area (Å²) in [6.45, 7) is 4.95. The Labute approximate surface area is 103 Å². The van der Waals surface area contributed by atoms with Gasteiger partial charge in [-0.15, -0.1) is 0 Å². The Kier molecular flexibility index (Phi) is 3.84. The standard InChI is InChI=1S/C13H23N3O/c1-9-11(10(2)16(3)15-9)8-14-12-6-4-5-7-13(12)17/h12-14,17H,4-8H2,1-3H3/t12-,13-/m1/s1. The molecule has 0 saturated heterocycles. The Balaban J connectivity index is 1.97. The van der Waals surface area contributed by atoms with Crippen molar-refractivity contribution in [2.45, 2.75) is 58.2 Å². The van der Waals surface area contributed by atoms with E-state index in [4.69, 9.17) is 0 Å². The van der Waals surface area contributed by atoms with Crippen molar-refractivity contribution in [2.24, 2.45) is 7.05 Å². The average molecular weight is 237 g/mol. The predicted molar refractivity (Wildman–Crippen MR) is 67.8 cm³/mol. The Morgan fingerprint density at radius 1 is 1.35 bits per heavy atom. The lowest BCUT2D eigenvalue weighted by Gasteiger charge is -2.28. The van der Waals surface area contributed by atoms with Crippen LogP contribution in [0.5, 0.6) is 0 Å². The largest absolute Gasteiger partial charge is 0.392 e. The van der Waals surface area contributed by atoms with Gasteiger partial charge in [-0.05, 0) is 26.7 Å². The summed E-state index contributed by atoms with van der Waals surface area (Å²) in [4.78, 5) is 0. The fraction of sp³-hybridized carbons (Fsp3) is 0.769.